The van der Waals surface area contributed by atoms with Gasteiger partial charge in [-0.3, -0.25) is 4.79 Å². The molecular formula is C14H25N3O2. The number of amides is 1. The quantitative estimate of drug-likeness (QED) is 0.659. The van der Waals surface area contributed by atoms with Crippen LogP contribution >= 0.6 is 0 Å². The van der Waals surface area contributed by atoms with E-state index in [1.807, 2.05) is 25.3 Å². The number of carbonyl (C=O) groups excluding carboxylic acids is 1. The number of hydrogen-bond acceptors (Lipinski definition) is 3. The molecule has 0 aliphatic rings. The molecule has 0 saturated heterocycles. The maximum absolute atomic E-state index is 12.1. The van der Waals surface area contributed by atoms with Crippen LogP contribution in [0.2, 0.25) is 0 Å². The Bertz CT molecular complexity index is 413. The van der Waals surface area contributed by atoms with Crippen molar-refractivity contribution in [2.45, 2.75) is 39.7 Å². The van der Waals surface area contributed by atoms with E-state index in [0.717, 1.165) is 12.8 Å². The molecule has 1 atom stereocenters. The SMILES string of the molecule is CC(CO)CCCNC(=O)c1cc(N)cn1C(C)C. The first-order valence-electron chi connectivity index (χ1n) is 6.82. The van der Waals surface area contributed by atoms with E-state index in [-0.39, 0.29) is 24.5 Å². The Morgan fingerprint density at radius 2 is 2.16 bits per heavy atom. The number of aliphatic hydroxyl groups excluding tert-OH is 1. The number of aromatic nitrogens is 1. The highest BCUT2D eigenvalue weighted by atomic mass is 16.3. The van der Waals surface area contributed by atoms with Gasteiger partial charge in [-0.25, -0.2) is 0 Å². The Hall–Kier alpha value is -1.49. The molecule has 108 valence electrons. The highest BCUT2D eigenvalue weighted by molar-refractivity contribution is 5.93. The molecule has 0 saturated carbocycles. The molecule has 0 spiro atoms. The smallest absolute Gasteiger partial charge is 0.267 e. The van der Waals surface area contributed by atoms with Crippen LogP contribution in [0.5, 0.6) is 0 Å². The number of nitrogens with one attached hydrogen (secondary N) is 1. The second-order valence-corrected chi connectivity index (χ2v) is 5.35. The minimum atomic E-state index is -0.0953. The van der Waals surface area contributed by atoms with Crippen LogP contribution in [0, 0.1) is 5.92 Å². The summed E-state index contributed by atoms with van der Waals surface area (Å²) in [6.07, 6.45) is 3.56. The van der Waals surface area contributed by atoms with Gasteiger partial charge in [-0.2, -0.15) is 0 Å². The summed E-state index contributed by atoms with van der Waals surface area (Å²) >= 11 is 0. The van der Waals surface area contributed by atoms with Gasteiger partial charge in [0.05, 0.1) is 5.69 Å². The van der Waals surface area contributed by atoms with Crippen LogP contribution in [-0.4, -0.2) is 28.7 Å². The van der Waals surface area contributed by atoms with Crippen LogP contribution in [0.15, 0.2) is 12.3 Å². The second kappa shape index (κ2) is 7.19. The first-order chi connectivity index (χ1) is 8.95. The molecule has 0 aliphatic carbocycles. The van der Waals surface area contributed by atoms with Crippen LogP contribution in [-0.2, 0) is 0 Å². The normalized spacial score (nSPS) is 12.7. The molecule has 1 amide bonds. The zero-order valence-corrected chi connectivity index (χ0v) is 12.0. The van der Waals surface area contributed by atoms with E-state index in [4.69, 9.17) is 10.8 Å². The topological polar surface area (TPSA) is 80.3 Å². The molecule has 0 radical (unpaired) electrons. The summed E-state index contributed by atoms with van der Waals surface area (Å²) in [6, 6.07) is 1.90. The van der Waals surface area contributed by atoms with Crippen LogP contribution in [0.1, 0.15) is 50.1 Å². The van der Waals surface area contributed by atoms with E-state index in [2.05, 4.69) is 5.32 Å². The van der Waals surface area contributed by atoms with E-state index in [9.17, 15) is 4.79 Å². The van der Waals surface area contributed by atoms with E-state index in [1.54, 1.807) is 12.3 Å². The van der Waals surface area contributed by atoms with Crippen LogP contribution in [0.4, 0.5) is 5.69 Å². The first-order valence-corrected chi connectivity index (χ1v) is 6.82. The van der Waals surface area contributed by atoms with Crippen molar-refractivity contribution < 1.29 is 9.90 Å². The van der Waals surface area contributed by atoms with Crippen molar-refractivity contribution in [2.75, 3.05) is 18.9 Å². The molecule has 0 aromatic carbocycles. The lowest BCUT2D eigenvalue weighted by atomic mass is 10.1. The van der Waals surface area contributed by atoms with Crippen molar-refractivity contribution >= 4 is 11.6 Å². The number of nitrogen functional groups attached to an aromatic ring is 1. The summed E-state index contributed by atoms with van der Waals surface area (Å²) in [5.41, 5.74) is 6.94. The third-order valence-corrected chi connectivity index (χ3v) is 3.13. The zero-order chi connectivity index (χ0) is 14.4. The van der Waals surface area contributed by atoms with E-state index in [0.29, 0.717) is 17.9 Å². The molecule has 1 unspecified atom stereocenters. The Morgan fingerprint density at radius 3 is 2.74 bits per heavy atom. The lowest BCUT2D eigenvalue weighted by Gasteiger charge is -2.13. The van der Waals surface area contributed by atoms with Gasteiger partial charge in [0.15, 0.2) is 0 Å². The van der Waals surface area contributed by atoms with Gasteiger partial charge in [-0.15, -0.1) is 0 Å². The number of anilines is 1. The fourth-order valence-corrected chi connectivity index (χ4v) is 1.94. The maximum Gasteiger partial charge on any atom is 0.267 e. The van der Waals surface area contributed by atoms with Gasteiger partial charge in [0, 0.05) is 25.4 Å². The molecule has 5 heteroatoms. The summed E-state index contributed by atoms with van der Waals surface area (Å²) < 4.78 is 1.88. The van der Waals surface area contributed by atoms with Crippen molar-refractivity contribution in [3.05, 3.63) is 18.0 Å². The monoisotopic (exact) mass is 267 g/mol. The molecule has 1 aromatic rings. The summed E-state index contributed by atoms with van der Waals surface area (Å²) in [4.78, 5) is 12.1. The van der Waals surface area contributed by atoms with Crippen LogP contribution in [0.25, 0.3) is 0 Å². The van der Waals surface area contributed by atoms with Gasteiger partial charge < -0.3 is 20.7 Å². The molecule has 4 N–H and O–H groups in total. The highest BCUT2D eigenvalue weighted by Crippen LogP contribution is 2.16. The van der Waals surface area contributed by atoms with Crippen LogP contribution in [0.3, 0.4) is 0 Å². The minimum Gasteiger partial charge on any atom is -0.397 e. The Balaban J connectivity index is 2.50. The van der Waals surface area contributed by atoms with Crippen LogP contribution < -0.4 is 11.1 Å². The molecule has 5 nitrogen and oxygen atoms in total. The Morgan fingerprint density at radius 1 is 1.47 bits per heavy atom. The molecule has 1 rings (SSSR count). The van der Waals surface area contributed by atoms with Gasteiger partial charge in [0.25, 0.3) is 5.91 Å². The number of nitrogens with zero attached hydrogens (tertiary/aromatic N) is 1. The van der Waals surface area contributed by atoms with Gasteiger partial charge in [0.2, 0.25) is 0 Å². The largest absolute Gasteiger partial charge is 0.397 e. The molecule has 1 heterocycles. The fourth-order valence-electron chi connectivity index (χ4n) is 1.94. The number of rotatable bonds is 7. The third kappa shape index (κ3) is 4.59. The van der Waals surface area contributed by atoms with E-state index >= 15 is 0 Å². The van der Waals surface area contributed by atoms with Crippen molar-refractivity contribution in [1.82, 2.24) is 9.88 Å². The molecule has 19 heavy (non-hydrogen) atoms. The Kier molecular flexibility index (Phi) is 5.89. The first kappa shape index (κ1) is 15.6. The number of hydrogen-bond donors (Lipinski definition) is 3. The summed E-state index contributed by atoms with van der Waals surface area (Å²) in [5, 5.41) is 11.8. The van der Waals surface area contributed by atoms with Gasteiger partial charge in [0.1, 0.15) is 5.69 Å². The van der Waals surface area contributed by atoms with Crippen molar-refractivity contribution in [1.29, 1.82) is 0 Å². The average Bonchev–Trinajstić information content (AvgIpc) is 2.76. The maximum atomic E-state index is 12.1. The minimum absolute atomic E-state index is 0.0953. The van der Waals surface area contributed by atoms with E-state index in [1.165, 1.54) is 0 Å². The fraction of sp³-hybridized carbons (Fsp3) is 0.643. The molecule has 0 fully saturated rings. The zero-order valence-electron chi connectivity index (χ0n) is 12.0. The molecular weight excluding hydrogens is 242 g/mol. The molecule has 0 bridgehead atoms. The van der Waals surface area contributed by atoms with Gasteiger partial charge in [-0.05, 0) is 38.7 Å². The van der Waals surface area contributed by atoms with Crippen molar-refractivity contribution in [2.24, 2.45) is 5.92 Å². The third-order valence-electron chi connectivity index (χ3n) is 3.13. The summed E-state index contributed by atoms with van der Waals surface area (Å²) in [5.74, 6) is 0.189. The average molecular weight is 267 g/mol. The molecule has 1 aromatic heterocycles. The number of nitrogens with two attached hydrogens (primary N) is 1. The van der Waals surface area contributed by atoms with E-state index < -0.39 is 0 Å². The predicted molar refractivity (Wildman–Crippen MR) is 77.0 cm³/mol. The van der Waals surface area contributed by atoms with Gasteiger partial charge in [-0.1, -0.05) is 6.92 Å². The summed E-state index contributed by atoms with van der Waals surface area (Å²) in [7, 11) is 0. The van der Waals surface area contributed by atoms with Crippen molar-refractivity contribution in [3.63, 3.8) is 0 Å². The Labute approximate surface area is 114 Å². The van der Waals surface area contributed by atoms with Crippen molar-refractivity contribution in [3.8, 4) is 0 Å². The van der Waals surface area contributed by atoms with Gasteiger partial charge >= 0.3 is 0 Å². The second-order valence-electron chi connectivity index (χ2n) is 5.35. The lowest BCUT2D eigenvalue weighted by molar-refractivity contribution is 0.0941. The number of carbonyl (C=O) groups is 1. The summed E-state index contributed by atoms with van der Waals surface area (Å²) in [6.45, 7) is 6.83. The predicted octanol–water partition coefficient (Wildman–Crippen LogP) is 1.79. The lowest BCUT2D eigenvalue weighted by Crippen LogP contribution is -2.27. The standard InChI is InChI=1S/C14H25N3O2/c1-10(2)17-8-12(15)7-13(17)14(19)16-6-4-5-11(3)9-18/h7-8,10-11,18H,4-6,9,15H2,1-3H3,(H,16,19). The molecule has 0 aliphatic heterocycles. The number of aliphatic hydroxyl groups is 1. The highest BCUT2D eigenvalue weighted by Gasteiger charge is 2.14.